The molecule has 1 N–H and O–H groups in total. The molecular formula is C15H21N3O2. The summed E-state index contributed by atoms with van der Waals surface area (Å²) in [6.45, 7) is 7.69. The molecule has 1 unspecified atom stereocenters. The second kappa shape index (κ2) is 4.98. The summed E-state index contributed by atoms with van der Waals surface area (Å²) in [5.41, 5.74) is -0.535. The molecule has 108 valence electrons. The Kier molecular flexibility index (Phi) is 3.65. The molecule has 0 saturated heterocycles. The lowest BCUT2D eigenvalue weighted by atomic mass is 9.79. The van der Waals surface area contributed by atoms with Crippen LogP contribution in [0, 0.1) is 5.41 Å². The van der Waals surface area contributed by atoms with Gasteiger partial charge in [-0.05, 0) is 18.6 Å². The number of hydrogen-bond acceptors (Lipinski definition) is 4. The van der Waals surface area contributed by atoms with Crippen LogP contribution in [0.4, 0.5) is 0 Å². The van der Waals surface area contributed by atoms with Crippen LogP contribution >= 0.6 is 0 Å². The summed E-state index contributed by atoms with van der Waals surface area (Å²) in [5.74, 6) is -0.320. The van der Waals surface area contributed by atoms with Crippen molar-refractivity contribution in [3.63, 3.8) is 0 Å². The predicted octanol–water partition coefficient (Wildman–Crippen LogP) is 2.43. The number of amides is 1. The van der Waals surface area contributed by atoms with Crippen molar-refractivity contribution in [2.45, 2.75) is 46.3 Å². The highest BCUT2D eigenvalue weighted by molar-refractivity contribution is 5.98. The number of rotatable bonds is 2. The van der Waals surface area contributed by atoms with Crippen LogP contribution in [0.2, 0.25) is 0 Å². The minimum Gasteiger partial charge on any atom is -0.368 e. The number of hydrazone groups is 1. The van der Waals surface area contributed by atoms with Gasteiger partial charge in [-0.15, -0.1) is 0 Å². The molecule has 1 atom stereocenters. The SMILES string of the molecule is CCC1=NN(C(=O)c2cccnc2)C(O)(C(C)(C)C)C1. The maximum atomic E-state index is 12.6. The van der Waals surface area contributed by atoms with E-state index in [1.54, 1.807) is 18.3 Å². The Morgan fingerprint density at radius 3 is 2.70 bits per heavy atom. The minimum absolute atomic E-state index is 0.320. The predicted molar refractivity (Wildman–Crippen MR) is 77.2 cm³/mol. The average Bonchev–Trinajstić information content (AvgIpc) is 2.77. The third-order valence-electron chi connectivity index (χ3n) is 3.75. The largest absolute Gasteiger partial charge is 0.368 e. The first-order valence-corrected chi connectivity index (χ1v) is 6.83. The Hall–Kier alpha value is -1.75. The van der Waals surface area contributed by atoms with E-state index in [2.05, 4.69) is 10.1 Å². The molecule has 0 aromatic carbocycles. The fraction of sp³-hybridized carbons (Fsp3) is 0.533. The lowest BCUT2D eigenvalue weighted by Gasteiger charge is -2.41. The Morgan fingerprint density at radius 1 is 1.50 bits per heavy atom. The third kappa shape index (κ3) is 2.33. The summed E-state index contributed by atoms with van der Waals surface area (Å²) in [7, 11) is 0. The molecule has 0 fully saturated rings. The van der Waals surface area contributed by atoms with Crippen LogP contribution in [0.15, 0.2) is 29.6 Å². The second-order valence-corrected chi connectivity index (χ2v) is 6.12. The van der Waals surface area contributed by atoms with Crippen LogP contribution < -0.4 is 0 Å². The molecule has 1 aliphatic rings. The summed E-state index contributed by atoms with van der Waals surface area (Å²) in [5, 5.41) is 16.5. The molecular weight excluding hydrogens is 254 g/mol. The van der Waals surface area contributed by atoms with E-state index in [0.717, 1.165) is 12.1 Å². The van der Waals surface area contributed by atoms with E-state index in [1.165, 1.54) is 11.2 Å². The number of carbonyl (C=O) groups is 1. The second-order valence-electron chi connectivity index (χ2n) is 6.12. The number of hydrogen-bond donors (Lipinski definition) is 1. The van der Waals surface area contributed by atoms with E-state index in [4.69, 9.17) is 0 Å². The van der Waals surface area contributed by atoms with Gasteiger partial charge in [0.2, 0.25) is 0 Å². The summed E-state index contributed by atoms with van der Waals surface area (Å²) in [6, 6.07) is 3.38. The quantitative estimate of drug-likeness (QED) is 0.901. The molecule has 0 radical (unpaired) electrons. The van der Waals surface area contributed by atoms with Crippen LogP contribution in [-0.4, -0.2) is 32.4 Å². The summed E-state index contributed by atoms with van der Waals surface area (Å²) in [4.78, 5) is 16.5. The van der Waals surface area contributed by atoms with Gasteiger partial charge in [-0.3, -0.25) is 9.78 Å². The first-order valence-electron chi connectivity index (χ1n) is 6.83. The van der Waals surface area contributed by atoms with Gasteiger partial charge in [-0.2, -0.15) is 10.1 Å². The van der Waals surface area contributed by atoms with Crippen molar-refractivity contribution in [3.05, 3.63) is 30.1 Å². The fourth-order valence-corrected chi connectivity index (χ4v) is 2.22. The monoisotopic (exact) mass is 275 g/mol. The molecule has 20 heavy (non-hydrogen) atoms. The van der Waals surface area contributed by atoms with E-state index < -0.39 is 11.1 Å². The molecule has 1 aromatic rings. The van der Waals surface area contributed by atoms with E-state index in [0.29, 0.717) is 12.0 Å². The van der Waals surface area contributed by atoms with Gasteiger partial charge in [0.25, 0.3) is 5.91 Å². The van der Waals surface area contributed by atoms with Gasteiger partial charge in [-0.25, -0.2) is 0 Å². The van der Waals surface area contributed by atoms with Crippen LogP contribution in [-0.2, 0) is 0 Å². The molecule has 1 aromatic heterocycles. The van der Waals surface area contributed by atoms with Crippen molar-refractivity contribution >= 4 is 11.6 Å². The molecule has 2 heterocycles. The maximum Gasteiger partial charge on any atom is 0.278 e. The van der Waals surface area contributed by atoms with Gasteiger partial charge in [0.1, 0.15) is 0 Å². The normalized spacial score (nSPS) is 22.9. The van der Waals surface area contributed by atoms with Crippen molar-refractivity contribution < 1.29 is 9.90 Å². The van der Waals surface area contributed by atoms with Gasteiger partial charge in [-0.1, -0.05) is 27.7 Å². The summed E-state index contributed by atoms with van der Waals surface area (Å²) in [6.07, 6.45) is 4.20. The Balaban J connectivity index is 2.41. The standard InChI is InChI=1S/C15H21N3O2/c1-5-12-9-15(20,14(2,3)4)18(17-12)13(19)11-7-6-8-16-10-11/h6-8,10,20H,5,9H2,1-4H3. The zero-order valence-electron chi connectivity index (χ0n) is 12.4. The van der Waals surface area contributed by atoms with Crippen molar-refractivity contribution in [2.24, 2.45) is 10.5 Å². The molecule has 0 spiro atoms. The molecule has 0 aliphatic carbocycles. The number of aliphatic hydroxyl groups is 1. The molecule has 0 saturated carbocycles. The maximum absolute atomic E-state index is 12.6. The highest BCUT2D eigenvalue weighted by Gasteiger charge is 2.52. The topological polar surface area (TPSA) is 65.8 Å². The van der Waals surface area contributed by atoms with Crippen LogP contribution in [0.5, 0.6) is 0 Å². The van der Waals surface area contributed by atoms with Gasteiger partial charge in [0, 0.05) is 29.9 Å². The van der Waals surface area contributed by atoms with Crippen molar-refractivity contribution in [2.75, 3.05) is 0 Å². The summed E-state index contributed by atoms with van der Waals surface area (Å²) < 4.78 is 0. The number of pyridine rings is 1. The van der Waals surface area contributed by atoms with Crippen molar-refractivity contribution in [3.8, 4) is 0 Å². The molecule has 5 heteroatoms. The molecule has 5 nitrogen and oxygen atoms in total. The molecule has 1 amide bonds. The van der Waals surface area contributed by atoms with Crippen LogP contribution in [0.25, 0.3) is 0 Å². The molecule has 2 rings (SSSR count). The summed E-state index contributed by atoms with van der Waals surface area (Å²) >= 11 is 0. The third-order valence-corrected chi connectivity index (χ3v) is 3.75. The number of nitrogens with zero attached hydrogens (tertiary/aromatic N) is 3. The minimum atomic E-state index is -1.30. The number of aromatic nitrogens is 1. The van der Waals surface area contributed by atoms with Crippen molar-refractivity contribution in [1.29, 1.82) is 0 Å². The Morgan fingerprint density at radius 2 is 2.20 bits per heavy atom. The van der Waals surface area contributed by atoms with Gasteiger partial charge >= 0.3 is 0 Å². The highest BCUT2D eigenvalue weighted by Crippen LogP contribution is 2.41. The lowest BCUT2D eigenvalue weighted by molar-refractivity contribution is -0.143. The van der Waals surface area contributed by atoms with Gasteiger partial charge < -0.3 is 5.11 Å². The van der Waals surface area contributed by atoms with Gasteiger partial charge in [0.15, 0.2) is 5.72 Å². The number of carbonyl (C=O) groups excluding carboxylic acids is 1. The first kappa shape index (κ1) is 14.7. The Bertz CT molecular complexity index is 534. The van der Waals surface area contributed by atoms with Crippen LogP contribution in [0.3, 0.4) is 0 Å². The average molecular weight is 275 g/mol. The lowest BCUT2D eigenvalue weighted by Crippen LogP contribution is -2.55. The zero-order chi connectivity index (χ0) is 15.0. The van der Waals surface area contributed by atoms with E-state index in [-0.39, 0.29) is 5.91 Å². The van der Waals surface area contributed by atoms with E-state index in [1.807, 2.05) is 27.7 Å². The molecule has 0 bridgehead atoms. The Labute approximate surface area is 119 Å². The highest BCUT2D eigenvalue weighted by atomic mass is 16.3. The van der Waals surface area contributed by atoms with E-state index in [9.17, 15) is 9.90 Å². The smallest absolute Gasteiger partial charge is 0.278 e. The fourth-order valence-electron chi connectivity index (χ4n) is 2.22. The van der Waals surface area contributed by atoms with Crippen LogP contribution in [0.1, 0.15) is 50.9 Å². The van der Waals surface area contributed by atoms with Crippen molar-refractivity contribution in [1.82, 2.24) is 9.99 Å². The zero-order valence-corrected chi connectivity index (χ0v) is 12.4. The molecule has 1 aliphatic heterocycles. The first-order chi connectivity index (χ1) is 9.29. The van der Waals surface area contributed by atoms with Gasteiger partial charge in [0.05, 0.1) is 5.56 Å². The van der Waals surface area contributed by atoms with E-state index >= 15 is 0 Å².